The van der Waals surface area contributed by atoms with Crippen LogP contribution in [0.1, 0.15) is 6.42 Å². The Morgan fingerprint density at radius 1 is 1.20 bits per heavy atom. The van der Waals surface area contributed by atoms with Crippen LogP contribution in [0.3, 0.4) is 0 Å². The van der Waals surface area contributed by atoms with Crippen LogP contribution < -0.4 is 0 Å². The highest BCUT2D eigenvalue weighted by Crippen LogP contribution is 2.22. The lowest BCUT2D eigenvalue weighted by atomic mass is 9.98. The number of rotatable bonds is 3. The van der Waals surface area contributed by atoms with E-state index in [0.717, 1.165) is 13.0 Å². The number of likely N-dealkylation sites (N-methyl/N-ethyl adjacent to an activating group) is 2. The number of ether oxygens (including phenoxy) is 1. The third-order valence-electron chi connectivity index (χ3n) is 2.75. The van der Waals surface area contributed by atoms with Gasteiger partial charge in [-0.25, -0.2) is 0 Å². The zero-order valence-electron chi connectivity index (χ0n) is 9.92. The average Bonchev–Trinajstić information content (AvgIpc) is 2.09. The second kappa shape index (κ2) is 5.23. The van der Waals surface area contributed by atoms with Crippen LogP contribution in [-0.2, 0) is 4.74 Å². The average molecular weight is 218 g/mol. The molecule has 0 aromatic heterocycles. The summed E-state index contributed by atoms with van der Waals surface area (Å²) in [5.74, 6) is 0. The molecule has 1 fully saturated rings. The van der Waals surface area contributed by atoms with E-state index in [-0.39, 0.29) is 12.1 Å². The third-order valence-corrected chi connectivity index (χ3v) is 2.75. The van der Waals surface area contributed by atoms with Crippen LogP contribution in [0.25, 0.3) is 0 Å². The molecule has 0 aromatic rings. The van der Waals surface area contributed by atoms with E-state index in [2.05, 4.69) is 0 Å². The predicted molar refractivity (Wildman–Crippen MR) is 57.5 cm³/mol. The van der Waals surface area contributed by atoms with E-state index < -0.39 is 12.4 Å². The van der Waals surface area contributed by atoms with Gasteiger partial charge in [0, 0.05) is 12.6 Å². The summed E-state index contributed by atoms with van der Waals surface area (Å²) in [6, 6.07) is -0.0429. The van der Waals surface area contributed by atoms with Gasteiger partial charge in [-0.1, -0.05) is 0 Å². The second-order valence-electron chi connectivity index (χ2n) is 4.67. The van der Waals surface area contributed by atoms with E-state index in [1.54, 1.807) is 0 Å². The van der Waals surface area contributed by atoms with Gasteiger partial charge < -0.3 is 24.7 Å². The van der Waals surface area contributed by atoms with Crippen molar-refractivity contribution in [2.24, 2.45) is 0 Å². The number of aliphatic hydroxyl groups is 2. The molecule has 4 atom stereocenters. The Labute approximate surface area is 91.2 Å². The van der Waals surface area contributed by atoms with Crippen LogP contribution in [0.4, 0.5) is 0 Å². The first kappa shape index (κ1) is 12.9. The molecule has 0 aliphatic carbocycles. The molecule has 1 aliphatic rings. The summed E-state index contributed by atoms with van der Waals surface area (Å²) in [5, 5.41) is 19.3. The standard InChI is InChI=1S/C10H22N2O3/c1-11(2)6-7-5-8(12(3)4)9(13)10(14)15-7/h7-10,13-14H,5-6H2,1-4H3/t7-,8?,9?,10+/m0/s1. The molecule has 5 nitrogen and oxygen atoms in total. The summed E-state index contributed by atoms with van der Waals surface area (Å²) in [6.45, 7) is 0.758. The van der Waals surface area contributed by atoms with Crippen LogP contribution >= 0.6 is 0 Å². The highest BCUT2D eigenvalue weighted by molar-refractivity contribution is 4.86. The first-order valence-electron chi connectivity index (χ1n) is 5.24. The zero-order valence-corrected chi connectivity index (χ0v) is 9.92. The Kier molecular flexibility index (Phi) is 4.48. The van der Waals surface area contributed by atoms with Gasteiger partial charge in [0.25, 0.3) is 0 Å². The zero-order chi connectivity index (χ0) is 11.6. The lowest BCUT2D eigenvalue weighted by Gasteiger charge is -2.40. The topological polar surface area (TPSA) is 56.2 Å². The minimum absolute atomic E-state index is 0.0224. The van der Waals surface area contributed by atoms with E-state index in [4.69, 9.17) is 4.74 Å². The molecular weight excluding hydrogens is 196 g/mol. The molecule has 5 heteroatoms. The SMILES string of the molecule is CN(C)C[C@@H]1CC(N(C)C)C(O)[C@H](O)O1. The summed E-state index contributed by atoms with van der Waals surface area (Å²) in [5.41, 5.74) is 0. The van der Waals surface area contributed by atoms with Gasteiger partial charge in [-0.05, 0) is 34.6 Å². The maximum absolute atomic E-state index is 9.73. The highest BCUT2D eigenvalue weighted by Gasteiger charge is 2.37. The van der Waals surface area contributed by atoms with Crippen molar-refractivity contribution in [1.82, 2.24) is 9.80 Å². The van der Waals surface area contributed by atoms with Crippen molar-refractivity contribution < 1.29 is 14.9 Å². The van der Waals surface area contributed by atoms with E-state index in [1.165, 1.54) is 0 Å². The Morgan fingerprint density at radius 3 is 2.27 bits per heavy atom. The predicted octanol–water partition coefficient (Wildman–Crippen LogP) is -1.05. The number of hydrogen-bond acceptors (Lipinski definition) is 5. The highest BCUT2D eigenvalue weighted by atomic mass is 16.6. The number of nitrogens with zero attached hydrogens (tertiary/aromatic N) is 2. The largest absolute Gasteiger partial charge is 0.386 e. The lowest BCUT2D eigenvalue weighted by Crippen LogP contribution is -2.55. The number of hydrogen-bond donors (Lipinski definition) is 2. The molecule has 1 aliphatic heterocycles. The Hall–Kier alpha value is -0.200. The number of aliphatic hydroxyl groups excluding tert-OH is 2. The minimum atomic E-state index is -1.07. The molecule has 0 radical (unpaired) electrons. The molecule has 1 rings (SSSR count). The van der Waals surface area contributed by atoms with Crippen molar-refractivity contribution in [2.45, 2.75) is 31.0 Å². The maximum Gasteiger partial charge on any atom is 0.182 e. The maximum atomic E-state index is 9.73. The van der Waals surface area contributed by atoms with Crippen molar-refractivity contribution in [3.05, 3.63) is 0 Å². The minimum Gasteiger partial charge on any atom is -0.386 e. The van der Waals surface area contributed by atoms with E-state index in [0.29, 0.717) is 0 Å². The molecule has 0 amide bonds. The second-order valence-corrected chi connectivity index (χ2v) is 4.67. The monoisotopic (exact) mass is 218 g/mol. The first-order valence-corrected chi connectivity index (χ1v) is 5.24. The van der Waals surface area contributed by atoms with Crippen LogP contribution in [0.2, 0.25) is 0 Å². The molecule has 90 valence electrons. The molecule has 0 bridgehead atoms. The Balaban J connectivity index is 2.58. The van der Waals surface area contributed by atoms with Crippen molar-refractivity contribution in [2.75, 3.05) is 34.7 Å². The van der Waals surface area contributed by atoms with Crippen molar-refractivity contribution in [1.29, 1.82) is 0 Å². The van der Waals surface area contributed by atoms with Gasteiger partial charge in [0.05, 0.1) is 6.10 Å². The smallest absolute Gasteiger partial charge is 0.182 e. The van der Waals surface area contributed by atoms with Gasteiger partial charge in [-0.15, -0.1) is 0 Å². The van der Waals surface area contributed by atoms with Crippen LogP contribution in [0, 0.1) is 0 Å². The molecule has 1 heterocycles. The Morgan fingerprint density at radius 2 is 1.80 bits per heavy atom. The molecule has 0 aromatic carbocycles. The van der Waals surface area contributed by atoms with E-state index in [1.807, 2.05) is 38.0 Å². The van der Waals surface area contributed by atoms with Crippen molar-refractivity contribution in [3.8, 4) is 0 Å². The third kappa shape index (κ3) is 3.39. The normalized spacial score (nSPS) is 37.6. The molecule has 15 heavy (non-hydrogen) atoms. The Bertz CT molecular complexity index is 199. The van der Waals surface area contributed by atoms with Gasteiger partial charge in [-0.3, -0.25) is 0 Å². The van der Waals surface area contributed by atoms with Crippen molar-refractivity contribution in [3.63, 3.8) is 0 Å². The van der Waals surface area contributed by atoms with Gasteiger partial charge in [0.15, 0.2) is 6.29 Å². The lowest BCUT2D eigenvalue weighted by molar-refractivity contribution is -0.235. The first-order chi connectivity index (χ1) is 6.91. The van der Waals surface area contributed by atoms with Crippen LogP contribution in [0.5, 0.6) is 0 Å². The van der Waals surface area contributed by atoms with Gasteiger partial charge >= 0.3 is 0 Å². The molecule has 2 unspecified atom stereocenters. The van der Waals surface area contributed by atoms with Gasteiger partial charge in [-0.2, -0.15) is 0 Å². The molecule has 0 spiro atoms. The molecule has 2 N–H and O–H groups in total. The van der Waals surface area contributed by atoms with E-state index in [9.17, 15) is 10.2 Å². The molecular formula is C10H22N2O3. The summed E-state index contributed by atoms with van der Waals surface area (Å²) in [4.78, 5) is 3.95. The molecule has 1 saturated heterocycles. The quantitative estimate of drug-likeness (QED) is 0.633. The van der Waals surface area contributed by atoms with E-state index >= 15 is 0 Å². The van der Waals surface area contributed by atoms with Crippen LogP contribution in [0.15, 0.2) is 0 Å². The fraction of sp³-hybridized carbons (Fsp3) is 1.00. The van der Waals surface area contributed by atoms with Crippen molar-refractivity contribution >= 4 is 0 Å². The molecule has 0 saturated carbocycles. The van der Waals surface area contributed by atoms with Gasteiger partial charge in [0.2, 0.25) is 0 Å². The fourth-order valence-corrected chi connectivity index (χ4v) is 1.97. The summed E-state index contributed by atoms with van der Waals surface area (Å²) < 4.78 is 5.33. The summed E-state index contributed by atoms with van der Waals surface area (Å²) in [6.07, 6.45) is -1.18. The van der Waals surface area contributed by atoms with Gasteiger partial charge in [0.1, 0.15) is 6.10 Å². The summed E-state index contributed by atoms with van der Waals surface area (Å²) in [7, 11) is 7.73. The van der Waals surface area contributed by atoms with Crippen LogP contribution in [-0.4, -0.2) is 79.3 Å². The summed E-state index contributed by atoms with van der Waals surface area (Å²) >= 11 is 0. The fourth-order valence-electron chi connectivity index (χ4n) is 1.97.